The Morgan fingerprint density at radius 3 is 2.18 bits per heavy atom. The summed E-state index contributed by atoms with van der Waals surface area (Å²) in [6, 6.07) is -1.56. The number of hydrogen-bond acceptors (Lipinski definition) is 7. The van der Waals surface area contributed by atoms with Gasteiger partial charge in [0.25, 0.3) is 0 Å². The highest BCUT2D eigenvalue weighted by molar-refractivity contribution is 5.81. The van der Waals surface area contributed by atoms with E-state index in [2.05, 4.69) is 5.32 Å². The predicted molar refractivity (Wildman–Crippen MR) is 104 cm³/mol. The Morgan fingerprint density at radius 2 is 1.68 bits per heavy atom. The van der Waals surface area contributed by atoms with Gasteiger partial charge in [0.2, 0.25) is 0 Å². The number of esters is 1. The van der Waals surface area contributed by atoms with E-state index in [1.165, 1.54) is 0 Å². The fourth-order valence-corrected chi connectivity index (χ4v) is 3.03. The molecule has 3 unspecified atom stereocenters. The van der Waals surface area contributed by atoms with Gasteiger partial charge in [0.05, 0.1) is 6.17 Å². The zero-order chi connectivity index (χ0) is 21.7. The minimum Gasteiger partial charge on any atom is -0.480 e. The first-order chi connectivity index (χ1) is 12.7. The number of nitrogens with two attached hydrogens (primary N) is 1. The van der Waals surface area contributed by atoms with Crippen LogP contribution in [0.5, 0.6) is 0 Å². The van der Waals surface area contributed by atoms with Gasteiger partial charge in [-0.3, -0.25) is 9.69 Å². The lowest BCUT2D eigenvalue weighted by molar-refractivity contribution is -0.158. The number of rotatable bonds is 7. The van der Waals surface area contributed by atoms with Crippen LogP contribution >= 0.6 is 0 Å². The van der Waals surface area contributed by atoms with Gasteiger partial charge < -0.3 is 25.6 Å². The molecule has 4 N–H and O–H groups in total. The third-order valence-corrected chi connectivity index (χ3v) is 4.14. The Bertz CT molecular complexity index is 567. The molecule has 1 aliphatic rings. The number of carboxylic acid groups (broad SMARTS) is 1. The lowest BCUT2D eigenvalue weighted by Gasteiger charge is -2.30. The van der Waals surface area contributed by atoms with E-state index >= 15 is 0 Å². The molecule has 0 aromatic rings. The van der Waals surface area contributed by atoms with Crippen molar-refractivity contribution in [2.24, 2.45) is 5.73 Å². The van der Waals surface area contributed by atoms with Gasteiger partial charge in [-0.15, -0.1) is 0 Å². The van der Waals surface area contributed by atoms with Crippen molar-refractivity contribution in [2.75, 3.05) is 6.54 Å². The number of likely N-dealkylation sites (tertiary alicyclic amines) is 1. The summed E-state index contributed by atoms with van der Waals surface area (Å²) in [7, 11) is 0. The van der Waals surface area contributed by atoms with E-state index < -0.39 is 47.5 Å². The number of aliphatic carboxylic acids is 1. The van der Waals surface area contributed by atoms with Crippen LogP contribution in [0.2, 0.25) is 0 Å². The van der Waals surface area contributed by atoms with Gasteiger partial charge >= 0.3 is 18.0 Å². The summed E-state index contributed by atoms with van der Waals surface area (Å²) in [4.78, 5) is 37.7. The molecule has 0 aromatic heterocycles. The monoisotopic (exact) mass is 401 g/mol. The Balaban J connectivity index is 2.77. The smallest absolute Gasteiger partial charge is 0.408 e. The number of nitrogens with one attached hydrogen (secondary N) is 1. The molecule has 28 heavy (non-hydrogen) atoms. The molecule has 1 fully saturated rings. The number of carbonyl (C=O) groups is 3. The zero-order valence-corrected chi connectivity index (χ0v) is 17.8. The second kappa shape index (κ2) is 9.56. The molecule has 162 valence electrons. The van der Waals surface area contributed by atoms with Crippen molar-refractivity contribution < 1.29 is 29.0 Å². The van der Waals surface area contributed by atoms with E-state index in [1.54, 1.807) is 46.4 Å². The summed E-state index contributed by atoms with van der Waals surface area (Å²) >= 11 is 0. The van der Waals surface area contributed by atoms with Crippen LogP contribution in [0.25, 0.3) is 0 Å². The molecule has 0 aromatic carbocycles. The Labute approximate surface area is 166 Å². The first-order valence-electron chi connectivity index (χ1n) is 9.66. The zero-order valence-electron chi connectivity index (χ0n) is 17.8. The first kappa shape index (κ1) is 24.2. The van der Waals surface area contributed by atoms with Gasteiger partial charge in [0, 0.05) is 6.54 Å². The summed E-state index contributed by atoms with van der Waals surface area (Å²) < 4.78 is 10.6. The summed E-state index contributed by atoms with van der Waals surface area (Å²) in [5.74, 6) is -1.48. The van der Waals surface area contributed by atoms with E-state index in [9.17, 15) is 19.5 Å². The third kappa shape index (κ3) is 8.43. The maximum Gasteiger partial charge on any atom is 0.408 e. The summed E-state index contributed by atoms with van der Waals surface area (Å²) in [5.41, 5.74) is 4.76. The number of alkyl carbamates (subject to hydrolysis) is 1. The molecule has 9 heteroatoms. The van der Waals surface area contributed by atoms with Crippen molar-refractivity contribution in [3.8, 4) is 0 Å². The third-order valence-electron chi connectivity index (χ3n) is 4.14. The standard InChI is InChI=1S/C19H35N3O6/c1-18(2,3)27-16(25)12(21-17(26)28-19(4,5)6)9-10-14(20)22-11-7-8-13(22)15(23)24/h12-14H,7-11,20H2,1-6H3,(H,21,26)(H,23,24). The van der Waals surface area contributed by atoms with Gasteiger partial charge in [-0.25, -0.2) is 9.59 Å². The molecule has 9 nitrogen and oxygen atoms in total. The molecule has 1 rings (SSSR count). The topological polar surface area (TPSA) is 131 Å². The number of carboxylic acids is 1. The highest BCUT2D eigenvalue weighted by Crippen LogP contribution is 2.21. The molecule has 0 bridgehead atoms. The molecule has 0 spiro atoms. The van der Waals surface area contributed by atoms with Crippen molar-refractivity contribution >= 4 is 18.0 Å². The van der Waals surface area contributed by atoms with E-state index in [-0.39, 0.29) is 6.42 Å². The number of amides is 1. The fraction of sp³-hybridized carbons (Fsp3) is 0.842. The predicted octanol–water partition coefficient (Wildman–Crippen LogP) is 1.84. The average Bonchev–Trinajstić information content (AvgIpc) is 2.97. The summed E-state index contributed by atoms with van der Waals surface area (Å²) in [6.45, 7) is 11.0. The van der Waals surface area contributed by atoms with Crippen LogP contribution in [-0.2, 0) is 19.1 Å². The van der Waals surface area contributed by atoms with Crippen LogP contribution in [0.1, 0.15) is 67.2 Å². The minimum atomic E-state index is -0.939. The van der Waals surface area contributed by atoms with Crippen LogP contribution in [-0.4, -0.2) is 64.0 Å². The van der Waals surface area contributed by atoms with Gasteiger partial charge in [-0.05, 0) is 67.2 Å². The van der Waals surface area contributed by atoms with Crippen LogP contribution in [0.15, 0.2) is 0 Å². The van der Waals surface area contributed by atoms with Gasteiger partial charge in [0.1, 0.15) is 23.3 Å². The molecular weight excluding hydrogens is 366 g/mol. The number of carbonyl (C=O) groups excluding carboxylic acids is 2. The SMILES string of the molecule is CC(C)(C)OC(=O)NC(CCC(N)N1CCCC1C(=O)O)C(=O)OC(C)(C)C. The highest BCUT2D eigenvalue weighted by atomic mass is 16.6. The molecule has 1 heterocycles. The van der Waals surface area contributed by atoms with Crippen molar-refractivity contribution in [2.45, 2.75) is 96.7 Å². The normalized spacial score (nSPS) is 20.3. The second-order valence-corrected chi connectivity index (χ2v) is 9.11. The minimum absolute atomic E-state index is 0.207. The summed E-state index contributed by atoms with van der Waals surface area (Å²) in [6.07, 6.45) is 0.586. The Kier molecular flexibility index (Phi) is 8.25. The Hall–Kier alpha value is -1.87. The number of hydrogen-bond donors (Lipinski definition) is 3. The van der Waals surface area contributed by atoms with Gasteiger partial charge in [-0.2, -0.15) is 0 Å². The molecule has 1 aliphatic heterocycles. The van der Waals surface area contributed by atoms with E-state index in [0.717, 1.165) is 6.42 Å². The molecule has 0 radical (unpaired) electrons. The van der Waals surface area contributed by atoms with Crippen LogP contribution < -0.4 is 11.1 Å². The lowest BCUT2D eigenvalue weighted by Crippen LogP contribution is -2.50. The number of ether oxygens (including phenoxy) is 2. The second-order valence-electron chi connectivity index (χ2n) is 9.11. The lowest BCUT2D eigenvalue weighted by atomic mass is 10.1. The molecular formula is C19H35N3O6. The molecule has 1 amide bonds. The average molecular weight is 402 g/mol. The van der Waals surface area contributed by atoms with E-state index in [1.807, 2.05) is 0 Å². The van der Waals surface area contributed by atoms with Gasteiger partial charge in [0.15, 0.2) is 0 Å². The van der Waals surface area contributed by atoms with Crippen LogP contribution in [0.3, 0.4) is 0 Å². The van der Waals surface area contributed by atoms with Gasteiger partial charge in [-0.1, -0.05) is 0 Å². The molecule has 1 saturated heterocycles. The maximum atomic E-state index is 12.5. The largest absolute Gasteiger partial charge is 0.480 e. The van der Waals surface area contributed by atoms with E-state index in [0.29, 0.717) is 19.4 Å². The van der Waals surface area contributed by atoms with Crippen molar-refractivity contribution in [1.29, 1.82) is 0 Å². The number of nitrogens with zero attached hydrogens (tertiary/aromatic N) is 1. The Morgan fingerprint density at radius 1 is 1.11 bits per heavy atom. The van der Waals surface area contributed by atoms with Crippen molar-refractivity contribution in [3.63, 3.8) is 0 Å². The van der Waals surface area contributed by atoms with E-state index in [4.69, 9.17) is 15.2 Å². The quantitative estimate of drug-likeness (QED) is 0.551. The van der Waals surface area contributed by atoms with Crippen molar-refractivity contribution in [3.05, 3.63) is 0 Å². The maximum absolute atomic E-state index is 12.5. The molecule has 3 atom stereocenters. The molecule has 0 saturated carbocycles. The fourth-order valence-electron chi connectivity index (χ4n) is 3.03. The molecule has 0 aliphatic carbocycles. The highest BCUT2D eigenvalue weighted by Gasteiger charge is 2.35. The van der Waals surface area contributed by atoms with Crippen molar-refractivity contribution in [1.82, 2.24) is 10.2 Å². The first-order valence-corrected chi connectivity index (χ1v) is 9.66. The van der Waals surface area contributed by atoms with Crippen LogP contribution in [0.4, 0.5) is 4.79 Å². The summed E-state index contributed by atoms with van der Waals surface area (Å²) in [5, 5.41) is 11.9. The van der Waals surface area contributed by atoms with Crippen LogP contribution in [0, 0.1) is 0 Å².